The standard InChI is InChI=1S/C21H22N8O5/c1-33-18-12-14(2-7-17(18)30)13-22-27-20-24-19(23-15-3-5-16(6-4-15)29(31)32)25-21(26-20)28-8-10-34-11-9-28/h2-7,12-13,30H,8-11H2,1H3,(H2,23,24,25,26,27)/b22-13+. The molecular weight excluding hydrogens is 444 g/mol. The Bertz CT molecular complexity index is 1180. The van der Waals surface area contributed by atoms with Crippen molar-refractivity contribution in [3.8, 4) is 11.5 Å². The number of morpholine rings is 1. The van der Waals surface area contributed by atoms with E-state index in [1.54, 1.807) is 24.3 Å². The Hall–Kier alpha value is -4.52. The zero-order chi connectivity index (χ0) is 23.9. The Morgan fingerprint density at radius 3 is 2.59 bits per heavy atom. The smallest absolute Gasteiger partial charge is 0.269 e. The number of aromatic hydroxyl groups is 1. The highest BCUT2D eigenvalue weighted by atomic mass is 16.6. The predicted octanol–water partition coefficient (Wildman–Crippen LogP) is 2.52. The number of benzene rings is 2. The third kappa shape index (κ3) is 5.63. The molecule has 0 aliphatic carbocycles. The van der Waals surface area contributed by atoms with Crippen molar-refractivity contribution < 1.29 is 19.5 Å². The number of ether oxygens (including phenoxy) is 2. The van der Waals surface area contributed by atoms with E-state index in [2.05, 4.69) is 30.8 Å². The maximum atomic E-state index is 10.9. The zero-order valence-corrected chi connectivity index (χ0v) is 18.2. The summed E-state index contributed by atoms with van der Waals surface area (Å²) in [5, 5.41) is 27.8. The van der Waals surface area contributed by atoms with Crippen LogP contribution < -0.4 is 20.4 Å². The Kier molecular flexibility index (Phi) is 6.93. The van der Waals surface area contributed by atoms with Gasteiger partial charge in [0.2, 0.25) is 17.8 Å². The van der Waals surface area contributed by atoms with Gasteiger partial charge in [0.1, 0.15) is 0 Å². The summed E-state index contributed by atoms with van der Waals surface area (Å²) in [7, 11) is 1.46. The van der Waals surface area contributed by atoms with Crippen molar-refractivity contribution in [2.24, 2.45) is 5.10 Å². The molecule has 0 spiro atoms. The second-order valence-corrected chi connectivity index (χ2v) is 7.11. The van der Waals surface area contributed by atoms with Crippen molar-refractivity contribution in [1.82, 2.24) is 15.0 Å². The molecule has 3 N–H and O–H groups in total. The number of nitrogens with one attached hydrogen (secondary N) is 2. The van der Waals surface area contributed by atoms with Gasteiger partial charge in [-0.2, -0.15) is 20.1 Å². The van der Waals surface area contributed by atoms with Crippen molar-refractivity contribution in [2.75, 3.05) is 49.1 Å². The van der Waals surface area contributed by atoms with E-state index in [-0.39, 0.29) is 23.3 Å². The molecule has 0 amide bonds. The number of phenols is 1. The summed E-state index contributed by atoms with van der Waals surface area (Å²) in [6.07, 6.45) is 1.53. The van der Waals surface area contributed by atoms with Gasteiger partial charge in [-0.25, -0.2) is 5.43 Å². The molecule has 2 aromatic carbocycles. The van der Waals surface area contributed by atoms with Crippen molar-refractivity contribution >= 4 is 35.4 Å². The molecule has 4 rings (SSSR count). The lowest BCUT2D eigenvalue weighted by Crippen LogP contribution is -2.37. The van der Waals surface area contributed by atoms with E-state index < -0.39 is 4.92 Å². The Balaban J connectivity index is 1.56. The van der Waals surface area contributed by atoms with E-state index in [1.165, 1.54) is 31.5 Å². The number of rotatable bonds is 8. The van der Waals surface area contributed by atoms with E-state index in [1.807, 2.05) is 4.90 Å². The third-order valence-corrected chi connectivity index (χ3v) is 4.83. The molecule has 0 saturated carbocycles. The third-order valence-electron chi connectivity index (χ3n) is 4.83. The zero-order valence-electron chi connectivity index (χ0n) is 18.2. The molecule has 2 heterocycles. The monoisotopic (exact) mass is 466 g/mol. The number of nitrogens with zero attached hydrogens (tertiary/aromatic N) is 6. The van der Waals surface area contributed by atoms with Crippen LogP contribution in [0, 0.1) is 10.1 Å². The molecule has 1 aliphatic rings. The number of hydrogen-bond donors (Lipinski definition) is 3. The minimum absolute atomic E-state index is 0.0160. The van der Waals surface area contributed by atoms with E-state index >= 15 is 0 Å². The number of anilines is 4. The van der Waals surface area contributed by atoms with Crippen molar-refractivity contribution in [3.05, 3.63) is 58.1 Å². The summed E-state index contributed by atoms with van der Waals surface area (Å²) >= 11 is 0. The van der Waals surface area contributed by atoms with Gasteiger partial charge in [-0.05, 0) is 35.9 Å². The summed E-state index contributed by atoms with van der Waals surface area (Å²) in [6.45, 7) is 2.36. The number of methoxy groups -OCH3 is 1. The minimum atomic E-state index is -0.465. The molecule has 0 atom stereocenters. The molecule has 13 nitrogen and oxygen atoms in total. The van der Waals surface area contributed by atoms with Gasteiger partial charge in [0.05, 0.1) is 31.5 Å². The SMILES string of the molecule is COc1cc(/C=N/Nc2nc(Nc3ccc([N+](=O)[O-])cc3)nc(N3CCOCC3)n2)ccc1O. The van der Waals surface area contributed by atoms with Gasteiger partial charge in [-0.3, -0.25) is 10.1 Å². The lowest BCUT2D eigenvalue weighted by molar-refractivity contribution is -0.384. The van der Waals surface area contributed by atoms with Crippen molar-refractivity contribution in [2.45, 2.75) is 0 Å². The molecule has 13 heteroatoms. The van der Waals surface area contributed by atoms with Gasteiger partial charge in [0, 0.05) is 30.9 Å². The molecule has 0 radical (unpaired) electrons. The first-order chi connectivity index (χ1) is 16.5. The summed E-state index contributed by atoms with van der Waals surface area (Å²) in [6, 6.07) is 10.7. The second kappa shape index (κ2) is 10.4. The highest BCUT2D eigenvalue weighted by Gasteiger charge is 2.17. The quantitative estimate of drug-likeness (QED) is 0.254. The highest BCUT2D eigenvalue weighted by Crippen LogP contribution is 2.25. The number of hydrazone groups is 1. The summed E-state index contributed by atoms with van der Waals surface area (Å²) in [5.41, 5.74) is 4.04. The molecule has 3 aromatic rings. The van der Waals surface area contributed by atoms with Crippen LogP contribution in [0.1, 0.15) is 5.56 Å². The number of nitro benzene ring substituents is 1. The number of non-ortho nitro benzene ring substituents is 1. The normalized spacial score (nSPS) is 13.6. The average molecular weight is 466 g/mol. The van der Waals surface area contributed by atoms with Gasteiger partial charge in [-0.1, -0.05) is 0 Å². The first-order valence-electron chi connectivity index (χ1n) is 10.3. The first-order valence-corrected chi connectivity index (χ1v) is 10.3. The lowest BCUT2D eigenvalue weighted by atomic mass is 10.2. The van der Waals surface area contributed by atoms with Crippen LogP contribution in [0.5, 0.6) is 11.5 Å². The van der Waals surface area contributed by atoms with Gasteiger partial charge < -0.3 is 24.8 Å². The van der Waals surface area contributed by atoms with Gasteiger partial charge >= 0.3 is 0 Å². The predicted molar refractivity (Wildman–Crippen MR) is 125 cm³/mol. The van der Waals surface area contributed by atoms with E-state index in [4.69, 9.17) is 9.47 Å². The van der Waals surface area contributed by atoms with Crippen molar-refractivity contribution in [3.63, 3.8) is 0 Å². The molecule has 1 aromatic heterocycles. The number of hydrogen-bond acceptors (Lipinski definition) is 12. The summed E-state index contributed by atoms with van der Waals surface area (Å²) < 4.78 is 10.5. The van der Waals surface area contributed by atoms with Gasteiger partial charge in [0.15, 0.2) is 11.5 Å². The molecule has 34 heavy (non-hydrogen) atoms. The highest BCUT2D eigenvalue weighted by molar-refractivity contribution is 5.81. The summed E-state index contributed by atoms with van der Waals surface area (Å²) in [4.78, 5) is 25.6. The fraction of sp³-hybridized carbons (Fsp3) is 0.238. The molecule has 0 unspecified atom stereocenters. The van der Waals surface area contributed by atoms with Crippen molar-refractivity contribution in [1.29, 1.82) is 0 Å². The molecular formula is C21H22N8O5. The molecule has 176 valence electrons. The number of aromatic nitrogens is 3. The largest absolute Gasteiger partial charge is 0.504 e. The molecule has 0 bridgehead atoms. The second-order valence-electron chi connectivity index (χ2n) is 7.11. The Morgan fingerprint density at radius 2 is 1.88 bits per heavy atom. The van der Waals surface area contributed by atoms with Crippen LogP contribution in [-0.2, 0) is 4.74 Å². The van der Waals surface area contributed by atoms with Crippen LogP contribution in [0.15, 0.2) is 47.6 Å². The van der Waals surface area contributed by atoms with E-state index in [0.717, 1.165) is 0 Å². The van der Waals surface area contributed by atoms with E-state index in [0.29, 0.717) is 49.3 Å². The van der Waals surface area contributed by atoms with Crippen LogP contribution in [0.25, 0.3) is 0 Å². The Morgan fingerprint density at radius 1 is 1.15 bits per heavy atom. The maximum absolute atomic E-state index is 10.9. The van der Waals surface area contributed by atoms with Gasteiger partial charge in [0.25, 0.3) is 5.69 Å². The first kappa shape index (κ1) is 22.7. The van der Waals surface area contributed by atoms with Crippen LogP contribution in [0.3, 0.4) is 0 Å². The van der Waals surface area contributed by atoms with Crippen LogP contribution in [0.4, 0.5) is 29.2 Å². The van der Waals surface area contributed by atoms with E-state index in [9.17, 15) is 15.2 Å². The summed E-state index contributed by atoms with van der Waals surface area (Å²) in [5.74, 6) is 1.24. The van der Waals surface area contributed by atoms with Crippen LogP contribution in [-0.4, -0.2) is 64.6 Å². The molecule has 1 saturated heterocycles. The van der Waals surface area contributed by atoms with Crippen LogP contribution in [0.2, 0.25) is 0 Å². The topological polar surface area (TPSA) is 160 Å². The maximum Gasteiger partial charge on any atom is 0.269 e. The molecule has 1 aliphatic heterocycles. The van der Waals surface area contributed by atoms with Gasteiger partial charge in [-0.15, -0.1) is 0 Å². The minimum Gasteiger partial charge on any atom is -0.504 e. The van der Waals surface area contributed by atoms with Crippen LogP contribution >= 0.6 is 0 Å². The number of phenolic OH excluding ortho intramolecular Hbond substituents is 1. The average Bonchev–Trinajstić information content (AvgIpc) is 2.86. The molecule has 1 fully saturated rings. The Labute approximate surface area is 194 Å². The fourth-order valence-electron chi connectivity index (χ4n) is 3.11. The number of nitro groups is 1. The fourth-order valence-corrected chi connectivity index (χ4v) is 3.11. The lowest BCUT2D eigenvalue weighted by Gasteiger charge is -2.27.